The van der Waals surface area contributed by atoms with E-state index in [1.54, 1.807) is 14.3 Å². The predicted octanol–water partition coefficient (Wildman–Crippen LogP) is 2.04. The van der Waals surface area contributed by atoms with Gasteiger partial charge in [0, 0.05) is 21.5 Å². The van der Waals surface area contributed by atoms with E-state index in [-0.39, 0.29) is 0 Å². The van der Waals surface area contributed by atoms with E-state index in [0.717, 1.165) is 18.8 Å². The Morgan fingerprint density at radius 3 is 2.67 bits per heavy atom. The van der Waals surface area contributed by atoms with E-state index in [4.69, 9.17) is 12.5 Å². The molecule has 0 aromatic rings. The molecule has 3 radical (unpaired) electrons. The first-order chi connectivity index (χ1) is 5.85. The van der Waals surface area contributed by atoms with Crippen LogP contribution in [-0.4, -0.2) is 28.6 Å². The van der Waals surface area contributed by atoms with Gasteiger partial charge in [0.1, 0.15) is 0 Å². The molecule has 3 heteroatoms. The fraction of sp³-hybridized carbons (Fsp3) is 1.00. The van der Waals surface area contributed by atoms with Crippen LogP contribution in [0.1, 0.15) is 32.6 Å². The van der Waals surface area contributed by atoms with Crippen molar-refractivity contribution >= 4 is 14.9 Å². The summed E-state index contributed by atoms with van der Waals surface area (Å²) in [4.78, 5) is 0. The van der Waals surface area contributed by atoms with Gasteiger partial charge in [0.05, 0.1) is 7.17 Å². The van der Waals surface area contributed by atoms with Gasteiger partial charge >= 0.3 is 0 Å². The Morgan fingerprint density at radius 1 is 1.42 bits per heavy atom. The number of methoxy groups -OCH3 is 1. The highest BCUT2D eigenvalue weighted by molar-refractivity contribution is 6.89. The Bertz CT molecular complexity index is 82.6. The van der Waals surface area contributed by atoms with Gasteiger partial charge in [-0.15, -0.1) is 0 Å². The molecule has 0 aliphatic rings. The molecule has 1 atom stereocenters. The second-order valence-electron chi connectivity index (χ2n) is 3.28. The zero-order valence-electron chi connectivity index (χ0n) is 8.38. The first-order valence-electron chi connectivity index (χ1n) is 4.87. The Kier molecular flexibility index (Phi) is 9.25. The summed E-state index contributed by atoms with van der Waals surface area (Å²) in [6.45, 7) is 3.12. The van der Waals surface area contributed by atoms with E-state index in [2.05, 4.69) is 6.92 Å². The maximum Gasteiger partial charge on any atom is 0.0544 e. The topological polar surface area (TPSA) is 9.23 Å². The lowest BCUT2D eigenvalue weighted by molar-refractivity contribution is 0.142. The SMILES string of the molecule is [B][B]CCCC(CCC)COC. The van der Waals surface area contributed by atoms with Crippen LogP contribution in [0.3, 0.4) is 0 Å². The summed E-state index contributed by atoms with van der Waals surface area (Å²) in [6, 6.07) is 0. The van der Waals surface area contributed by atoms with Crippen LogP contribution in [0.2, 0.25) is 6.32 Å². The minimum atomic E-state index is 0.736. The number of hydrogen-bond donors (Lipinski definition) is 0. The molecule has 0 aliphatic carbocycles. The summed E-state index contributed by atoms with van der Waals surface area (Å²) in [5.74, 6) is 0.736. The molecular formula is C9H19B2O. The van der Waals surface area contributed by atoms with Crippen LogP contribution >= 0.6 is 0 Å². The van der Waals surface area contributed by atoms with Gasteiger partial charge < -0.3 is 4.74 Å². The summed E-state index contributed by atoms with van der Waals surface area (Å²) in [5.41, 5.74) is 0. The van der Waals surface area contributed by atoms with Crippen LogP contribution in [0.4, 0.5) is 0 Å². The third-order valence-electron chi connectivity index (χ3n) is 2.08. The van der Waals surface area contributed by atoms with Gasteiger partial charge in [-0.25, -0.2) is 0 Å². The van der Waals surface area contributed by atoms with E-state index in [1.807, 2.05) is 0 Å². The molecule has 0 aromatic carbocycles. The van der Waals surface area contributed by atoms with Crippen LogP contribution < -0.4 is 0 Å². The molecule has 1 unspecified atom stereocenters. The molecule has 0 bridgehead atoms. The van der Waals surface area contributed by atoms with E-state index in [9.17, 15) is 0 Å². The molecule has 0 amide bonds. The summed E-state index contributed by atoms with van der Waals surface area (Å²) < 4.78 is 5.15. The van der Waals surface area contributed by atoms with Gasteiger partial charge in [-0.2, -0.15) is 0 Å². The van der Waals surface area contributed by atoms with Crippen molar-refractivity contribution in [1.29, 1.82) is 0 Å². The van der Waals surface area contributed by atoms with E-state index < -0.39 is 0 Å². The van der Waals surface area contributed by atoms with Crippen molar-refractivity contribution < 1.29 is 4.74 Å². The fourth-order valence-corrected chi connectivity index (χ4v) is 1.48. The predicted molar refractivity (Wildman–Crippen MR) is 55.8 cm³/mol. The van der Waals surface area contributed by atoms with Crippen LogP contribution in [0.5, 0.6) is 0 Å². The Balaban J connectivity index is 3.34. The zero-order valence-corrected chi connectivity index (χ0v) is 8.38. The van der Waals surface area contributed by atoms with E-state index in [0.29, 0.717) is 0 Å². The molecule has 0 rings (SSSR count). The smallest absolute Gasteiger partial charge is 0.0544 e. The lowest BCUT2D eigenvalue weighted by atomic mass is 9.53. The quantitative estimate of drug-likeness (QED) is 0.394. The molecule has 12 heavy (non-hydrogen) atoms. The lowest BCUT2D eigenvalue weighted by Gasteiger charge is -2.14. The molecule has 0 heterocycles. The van der Waals surface area contributed by atoms with Crippen molar-refractivity contribution in [2.45, 2.75) is 38.9 Å². The van der Waals surface area contributed by atoms with Crippen LogP contribution in [-0.2, 0) is 4.74 Å². The minimum absolute atomic E-state index is 0.736. The van der Waals surface area contributed by atoms with Crippen molar-refractivity contribution in [3.05, 3.63) is 0 Å². The van der Waals surface area contributed by atoms with Crippen molar-refractivity contribution in [2.24, 2.45) is 5.92 Å². The molecule has 0 aliphatic heterocycles. The molecule has 0 fully saturated rings. The molecule has 0 saturated heterocycles. The second-order valence-corrected chi connectivity index (χ2v) is 3.28. The van der Waals surface area contributed by atoms with Crippen molar-refractivity contribution in [3.8, 4) is 0 Å². The summed E-state index contributed by atoms with van der Waals surface area (Å²) in [7, 11) is 8.83. The fourth-order valence-electron chi connectivity index (χ4n) is 1.48. The Labute approximate surface area is 78.9 Å². The standard InChI is InChI=1S/C9H19B2O/c1-3-5-9(8-12-2)6-4-7-11-10/h9H,3-8H2,1-2H3. The second kappa shape index (κ2) is 9.18. The molecular weight excluding hydrogens is 146 g/mol. The third-order valence-corrected chi connectivity index (χ3v) is 2.08. The molecule has 1 nitrogen and oxygen atoms in total. The van der Waals surface area contributed by atoms with Crippen molar-refractivity contribution in [3.63, 3.8) is 0 Å². The average Bonchev–Trinajstić information content (AvgIpc) is 2.06. The van der Waals surface area contributed by atoms with Crippen LogP contribution in [0.15, 0.2) is 0 Å². The highest BCUT2D eigenvalue weighted by Crippen LogP contribution is 2.14. The molecule has 0 spiro atoms. The first kappa shape index (κ1) is 12.1. The number of hydrogen-bond acceptors (Lipinski definition) is 1. The lowest BCUT2D eigenvalue weighted by Crippen LogP contribution is -2.08. The highest BCUT2D eigenvalue weighted by Gasteiger charge is 2.05. The summed E-state index contributed by atoms with van der Waals surface area (Å²) >= 11 is 0. The van der Waals surface area contributed by atoms with Gasteiger partial charge in [0.2, 0.25) is 0 Å². The molecule has 0 N–H and O–H groups in total. The molecule has 0 aromatic heterocycles. The summed E-state index contributed by atoms with van der Waals surface area (Å²) in [6.07, 6.45) is 6.00. The first-order valence-corrected chi connectivity index (χ1v) is 4.87. The summed E-state index contributed by atoms with van der Waals surface area (Å²) in [5, 5.41) is 0. The van der Waals surface area contributed by atoms with Crippen molar-refractivity contribution in [1.82, 2.24) is 0 Å². The van der Waals surface area contributed by atoms with Gasteiger partial charge in [0.15, 0.2) is 0 Å². The van der Waals surface area contributed by atoms with E-state index in [1.165, 1.54) is 25.7 Å². The number of ether oxygens (including phenoxy) is 1. The van der Waals surface area contributed by atoms with Gasteiger partial charge in [-0.3, -0.25) is 0 Å². The monoisotopic (exact) mass is 165 g/mol. The molecule has 0 saturated carbocycles. The number of rotatable bonds is 8. The van der Waals surface area contributed by atoms with Gasteiger partial charge in [-0.1, -0.05) is 26.1 Å². The van der Waals surface area contributed by atoms with E-state index >= 15 is 0 Å². The third kappa shape index (κ3) is 6.78. The van der Waals surface area contributed by atoms with Gasteiger partial charge in [-0.05, 0) is 18.8 Å². The van der Waals surface area contributed by atoms with Gasteiger partial charge in [0.25, 0.3) is 0 Å². The highest BCUT2D eigenvalue weighted by atomic mass is 16.5. The van der Waals surface area contributed by atoms with Crippen LogP contribution in [0, 0.1) is 5.92 Å². The maximum absolute atomic E-state index is 5.31. The Morgan fingerprint density at radius 2 is 2.17 bits per heavy atom. The Hall–Kier alpha value is 0.0899. The largest absolute Gasteiger partial charge is 0.384 e. The minimum Gasteiger partial charge on any atom is -0.384 e. The molecule has 67 valence electrons. The average molecular weight is 165 g/mol. The maximum atomic E-state index is 5.31. The normalized spacial score (nSPS) is 12.8. The van der Waals surface area contributed by atoms with Crippen LogP contribution in [0.25, 0.3) is 0 Å². The zero-order chi connectivity index (χ0) is 9.23. The van der Waals surface area contributed by atoms with Crippen molar-refractivity contribution in [2.75, 3.05) is 13.7 Å².